The van der Waals surface area contributed by atoms with E-state index in [1.807, 2.05) is 24.3 Å². The number of benzene rings is 2. The standard InChI is InChI=1S/C16H11ClN2O/c17-15-7-2-1-5-13(15)8-9-16(20)19-14-6-3-4-12(10-14)11-18/h1-10H,(H,19,20)/b9-8+. The van der Waals surface area contributed by atoms with Gasteiger partial charge in [-0.15, -0.1) is 0 Å². The first kappa shape index (κ1) is 13.9. The number of nitriles is 1. The van der Waals surface area contributed by atoms with Crippen LogP contribution in [0, 0.1) is 11.3 Å². The molecule has 1 N–H and O–H groups in total. The van der Waals surface area contributed by atoms with E-state index in [4.69, 9.17) is 16.9 Å². The second kappa shape index (κ2) is 6.55. The minimum atomic E-state index is -0.278. The van der Waals surface area contributed by atoms with Gasteiger partial charge in [0, 0.05) is 16.8 Å². The van der Waals surface area contributed by atoms with Crippen LogP contribution in [0.3, 0.4) is 0 Å². The van der Waals surface area contributed by atoms with Gasteiger partial charge in [0.15, 0.2) is 0 Å². The van der Waals surface area contributed by atoms with E-state index in [9.17, 15) is 4.79 Å². The van der Waals surface area contributed by atoms with Crippen LogP contribution in [-0.2, 0) is 4.79 Å². The molecule has 0 radical (unpaired) electrons. The van der Waals surface area contributed by atoms with Gasteiger partial charge in [-0.25, -0.2) is 0 Å². The van der Waals surface area contributed by atoms with Crippen molar-refractivity contribution in [3.63, 3.8) is 0 Å². The highest BCUT2D eigenvalue weighted by Crippen LogP contribution is 2.16. The van der Waals surface area contributed by atoms with Crippen molar-refractivity contribution in [1.82, 2.24) is 0 Å². The molecule has 3 nitrogen and oxygen atoms in total. The van der Waals surface area contributed by atoms with Gasteiger partial charge in [-0.05, 0) is 35.9 Å². The zero-order valence-corrected chi connectivity index (χ0v) is 11.3. The highest BCUT2D eigenvalue weighted by Gasteiger charge is 2.00. The van der Waals surface area contributed by atoms with E-state index >= 15 is 0 Å². The Morgan fingerprint density at radius 3 is 2.75 bits per heavy atom. The Morgan fingerprint density at radius 1 is 1.20 bits per heavy atom. The number of nitrogens with one attached hydrogen (secondary N) is 1. The second-order valence-corrected chi connectivity index (χ2v) is 4.44. The third kappa shape index (κ3) is 3.71. The monoisotopic (exact) mass is 282 g/mol. The van der Waals surface area contributed by atoms with E-state index in [2.05, 4.69) is 5.32 Å². The first-order valence-corrected chi connectivity index (χ1v) is 6.30. The van der Waals surface area contributed by atoms with Gasteiger partial charge in [0.2, 0.25) is 5.91 Å². The van der Waals surface area contributed by atoms with Crippen molar-refractivity contribution >= 4 is 29.3 Å². The van der Waals surface area contributed by atoms with Gasteiger partial charge in [0.25, 0.3) is 0 Å². The summed E-state index contributed by atoms with van der Waals surface area (Å²) >= 11 is 5.99. The summed E-state index contributed by atoms with van der Waals surface area (Å²) in [4.78, 5) is 11.8. The minimum absolute atomic E-state index is 0.278. The Labute approximate surface area is 122 Å². The summed E-state index contributed by atoms with van der Waals surface area (Å²) in [5.74, 6) is -0.278. The lowest BCUT2D eigenvalue weighted by molar-refractivity contribution is -0.111. The maximum Gasteiger partial charge on any atom is 0.248 e. The molecule has 2 aromatic rings. The molecule has 2 aromatic carbocycles. The second-order valence-electron chi connectivity index (χ2n) is 4.04. The zero-order valence-electron chi connectivity index (χ0n) is 10.5. The fourth-order valence-electron chi connectivity index (χ4n) is 1.63. The topological polar surface area (TPSA) is 52.9 Å². The molecule has 0 aliphatic heterocycles. The Bertz CT molecular complexity index is 702. The van der Waals surface area contributed by atoms with Crippen molar-refractivity contribution < 1.29 is 4.79 Å². The molecule has 1 amide bonds. The highest BCUT2D eigenvalue weighted by atomic mass is 35.5. The molecule has 0 aliphatic carbocycles. The average molecular weight is 283 g/mol. The zero-order chi connectivity index (χ0) is 14.4. The number of nitrogens with zero attached hydrogens (tertiary/aromatic N) is 1. The van der Waals surface area contributed by atoms with Crippen LogP contribution in [-0.4, -0.2) is 5.91 Å². The van der Waals surface area contributed by atoms with Crippen LogP contribution in [0.5, 0.6) is 0 Å². The summed E-state index contributed by atoms with van der Waals surface area (Å²) < 4.78 is 0. The molecule has 0 heterocycles. The van der Waals surface area contributed by atoms with E-state index in [1.54, 1.807) is 36.4 Å². The van der Waals surface area contributed by atoms with Gasteiger partial charge in [-0.3, -0.25) is 4.79 Å². The lowest BCUT2D eigenvalue weighted by Gasteiger charge is -2.02. The quantitative estimate of drug-likeness (QED) is 0.869. The molecular formula is C16H11ClN2O. The van der Waals surface area contributed by atoms with E-state index in [0.29, 0.717) is 16.3 Å². The van der Waals surface area contributed by atoms with Gasteiger partial charge < -0.3 is 5.32 Å². The molecule has 0 fully saturated rings. The lowest BCUT2D eigenvalue weighted by atomic mass is 10.2. The van der Waals surface area contributed by atoms with E-state index in [0.717, 1.165) is 5.56 Å². The molecule has 0 unspecified atom stereocenters. The molecular weight excluding hydrogens is 272 g/mol. The summed E-state index contributed by atoms with van der Waals surface area (Å²) in [5, 5.41) is 12.1. The summed E-state index contributed by atoms with van der Waals surface area (Å²) in [6.07, 6.45) is 3.05. The molecule has 4 heteroatoms. The van der Waals surface area contributed by atoms with Crippen LogP contribution in [0.15, 0.2) is 54.6 Å². The Morgan fingerprint density at radius 2 is 2.00 bits per heavy atom. The molecule has 0 bridgehead atoms. The number of carbonyl (C=O) groups is 1. The van der Waals surface area contributed by atoms with E-state index < -0.39 is 0 Å². The molecule has 20 heavy (non-hydrogen) atoms. The van der Waals surface area contributed by atoms with Crippen molar-refractivity contribution in [2.75, 3.05) is 5.32 Å². The largest absolute Gasteiger partial charge is 0.322 e. The smallest absolute Gasteiger partial charge is 0.248 e. The summed E-state index contributed by atoms with van der Waals surface area (Å²) in [6.45, 7) is 0. The molecule has 0 atom stereocenters. The molecule has 0 spiro atoms. The molecule has 0 aromatic heterocycles. The predicted molar refractivity (Wildman–Crippen MR) is 80.3 cm³/mol. The molecule has 0 aliphatic rings. The minimum Gasteiger partial charge on any atom is -0.322 e. The van der Waals surface area contributed by atoms with Crippen molar-refractivity contribution in [3.05, 3.63) is 70.8 Å². The van der Waals surface area contributed by atoms with Gasteiger partial charge in [0.1, 0.15) is 0 Å². The number of rotatable bonds is 3. The van der Waals surface area contributed by atoms with Crippen molar-refractivity contribution in [2.45, 2.75) is 0 Å². The van der Waals surface area contributed by atoms with Crippen molar-refractivity contribution in [3.8, 4) is 6.07 Å². The normalized spacial score (nSPS) is 10.2. The molecule has 0 saturated carbocycles. The average Bonchev–Trinajstić information content (AvgIpc) is 2.46. The van der Waals surface area contributed by atoms with Crippen LogP contribution in [0.25, 0.3) is 6.08 Å². The summed E-state index contributed by atoms with van der Waals surface area (Å²) in [5.41, 5.74) is 1.85. The first-order chi connectivity index (χ1) is 9.69. The maximum atomic E-state index is 11.8. The van der Waals surface area contributed by atoms with Crippen LogP contribution in [0.2, 0.25) is 5.02 Å². The van der Waals surface area contributed by atoms with Crippen LogP contribution >= 0.6 is 11.6 Å². The lowest BCUT2D eigenvalue weighted by Crippen LogP contribution is -2.07. The molecule has 2 rings (SSSR count). The molecule has 0 saturated heterocycles. The van der Waals surface area contributed by atoms with Gasteiger partial charge >= 0.3 is 0 Å². The maximum absolute atomic E-state index is 11.8. The third-order valence-electron chi connectivity index (χ3n) is 2.58. The highest BCUT2D eigenvalue weighted by molar-refractivity contribution is 6.32. The Balaban J connectivity index is 2.06. The number of halogens is 1. The van der Waals surface area contributed by atoms with Gasteiger partial charge in [-0.1, -0.05) is 35.9 Å². The predicted octanol–water partition coefficient (Wildman–Crippen LogP) is 3.86. The molecule has 98 valence electrons. The first-order valence-electron chi connectivity index (χ1n) is 5.93. The van der Waals surface area contributed by atoms with Crippen LogP contribution in [0.1, 0.15) is 11.1 Å². The van der Waals surface area contributed by atoms with Gasteiger partial charge in [-0.2, -0.15) is 5.26 Å². The number of anilines is 1. The van der Waals surface area contributed by atoms with Crippen LogP contribution < -0.4 is 5.32 Å². The van der Waals surface area contributed by atoms with Gasteiger partial charge in [0.05, 0.1) is 11.6 Å². The number of carbonyl (C=O) groups excluding carboxylic acids is 1. The summed E-state index contributed by atoms with van der Waals surface area (Å²) in [7, 11) is 0. The fourth-order valence-corrected chi connectivity index (χ4v) is 1.82. The third-order valence-corrected chi connectivity index (χ3v) is 2.92. The van der Waals surface area contributed by atoms with E-state index in [-0.39, 0.29) is 5.91 Å². The SMILES string of the molecule is N#Cc1cccc(NC(=O)/C=C/c2ccccc2Cl)c1. The van der Waals surface area contributed by atoms with E-state index in [1.165, 1.54) is 6.08 Å². The number of hydrogen-bond acceptors (Lipinski definition) is 2. The van der Waals surface area contributed by atoms with Crippen LogP contribution in [0.4, 0.5) is 5.69 Å². The number of hydrogen-bond donors (Lipinski definition) is 1. The van der Waals surface area contributed by atoms with Crippen molar-refractivity contribution in [1.29, 1.82) is 5.26 Å². The summed E-state index contributed by atoms with van der Waals surface area (Å²) in [6, 6.07) is 16.0. The Hall–Kier alpha value is -2.57. The fraction of sp³-hybridized carbons (Fsp3) is 0. The Kier molecular flexibility index (Phi) is 4.54. The number of amides is 1. The van der Waals surface area contributed by atoms with Crippen molar-refractivity contribution in [2.24, 2.45) is 0 Å².